The molecule has 0 amide bonds. The van der Waals surface area contributed by atoms with E-state index in [2.05, 4.69) is 30.9 Å². The van der Waals surface area contributed by atoms with Crippen LogP contribution in [0.25, 0.3) is 0 Å². The van der Waals surface area contributed by atoms with Gasteiger partial charge in [0.25, 0.3) is 0 Å². The van der Waals surface area contributed by atoms with E-state index in [0.717, 1.165) is 6.54 Å². The molecule has 0 bridgehead atoms. The van der Waals surface area contributed by atoms with Gasteiger partial charge in [-0.1, -0.05) is 12.8 Å². The van der Waals surface area contributed by atoms with Gasteiger partial charge in [-0.3, -0.25) is 4.90 Å². The third-order valence-electron chi connectivity index (χ3n) is 3.82. The van der Waals surface area contributed by atoms with E-state index >= 15 is 0 Å². The first-order valence-electron chi connectivity index (χ1n) is 6.74. The summed E-state index contributed by atoms with van der Waals surface area (Å²) < 4.78 is 0. The van der Waals surface area contributed by atoms with Gasteiger partial charge in [0.2, 0.25) is 0 Å². The van der Waals surface area contributed by atoms with Crippen LogP contribution in [0.2, 0.25) is 0 Å². The fourth-order valence-electron chi connectivity index (χ4n) is 2.81. The van der Waals surface area contributed by atoms with Crippen LogP contribution in [0.1, 0.15) is 48.4 Å². The summed E-state index contributed by atoms with van der Waals surface area (Å²) in [5.74, 6) is 0. The van der Waals surface area contributed by atoms with E-state index < -0.39 is 0 Å². The quantitative estimate of drug-likeness (QED) is 0.894. The minimum atomic E-state index is 0.432. The maximum atomic E-state index is 6.02. The van der Waals surface area contributed by atoms with Crippen molar-refractivity contribution >= 4 is 11.3 Å². The molecule has 2 atom stereocenters. The third kappa shape index (κ3) is 3.09. The molecule has 0 aromatic carbocycles. The second-order valence-electron chi connectivity index (χ2n) is 5.14. The van der Waals surface area contributed by atoms with Gasteiger partial charge in [0.05, 0.1) is 6.04 Å². The molecular formula is C14H24N2S. The number of nitrogens with zero attached hydrogens (tertiary/aromatic N) is 1. The Morgan fingerprint density at radius 1 is 1.41 bits per heavy atom. The summed E-state index contributed by atoms with van der Waals surface area (Å²) >= 11 is 1.90. The standard InChI is InChI=1S/C14H24N2S/c1-11-6-4-3-5-9-16(11)13(10-15)14-8-7-12(2)17-14/h7-8,11,13H,3-6,9-10,15H2,1-2H3. The molecule has 3 heteroatoms. The number of hydrogen-bond acceptors (Lipinski definition) is 3. The lowest BCUT2D eigenvalue weighted by Crippen LogP contribution is -2.39. The Morgan fingerprint density at radius 2 is 2.24 bits per heavy atom. The zero-order valence-corrected chi connectivity index (χ0v) is 11.8. The highest BCUT2D eigenvalue weighted by molar-refractivity contribution is 7.12. The van der Waals surface area contributed by atoms with Crippen molar-refractivity contribution in [1.82, 2.24) is 4.90 Å². The maximum absolute atomic E-state index is 6.02. The first kappa shape index (κ1) is 13.1. The molecule has 0 spiro atoms. The van der Waals surface area contributed by atoms with Gasteiger partial charge < -0.3 is 5.73 Å². The van der Waals surface area contributed by atoms with Crippen molar-refractivity contribution < 1.29 is 0 Å². The Labute approximate surface area is 109 Å². The molecule has 2 rings (SSSR count). The zero-order valence-electron chi connectivity index (χ0n) is 11.0. The van der Waals surface area contributed by atoms with Crippen molar-refractivity contribution in [2.45, 2.75) is 51.6 Å². The van der Waals surface area contributed by atoms with Gasteiger partial charge in [-0.05, 0) is 45.4 Å². The van der Waals surface area contributed by atoms with Crippen LogP contribution < -0.4 is 5.73 Å². The third-order valence-corrected chi connectivity index (χ3v) is 4.92. The fourth-order valence-corrected chi connectivity index (χ4v) is 3.82. The largest absolute Gasteiger partial charge is 0.329 e. The number of nitrogens with two attached hydrogens (primary N) is 1. The Hall–Kier alpha value is -0.380. The number of rotatable bonds is 3. The molecule has 1 aliphatic heterocycles. The lowest BCUT2D eigenvalue weighted by molar-refractivity contribution is 0.153. The Kier molecular flexibility index (Phi) is 4.60. The molecular weight excluding hydrogens is 228 g/mol. The number of thiophene rings is 1. The summed E-state index contributed by atoms with van der Waals surface area (Å²) in [5, 5.41) is 0. The highest BCUT2D eigenvalue weighted by atomic mass is 32.1. The molecule has 2 unspecified atom stereocenters. The van der Waals surface area contributed by atoms with Crippen LogP contribution in [0.15, 0.2) is 12.1 Å². The minimum Gasteiger partial charge on any atom is -0.329 e. The van der Waals surface area contributed by atoms with Crippen LogP contribution in [0.3, 0.4) is 0 Å². The molecule has 2 heterocycles. The SMILES string of the molecule is Cc1ccc(C(CN)N2CCCCCC2C)s1. The van der Waals surface area contributed by atoms with Crippen molar-refractivity contribution in [1.29, 1.82) is 0 Å². The van der Waals surface area contributed by atoms with Crippen molar-refractivity contribution in [2.24, 2.45) is 5.73 Å². The number of hydrogen-bond donors (Lipinski definition) is 1. The Bertz CT molecular complexity index is 348. The molecule has 0 aliphatic carbocycles. The Morgan fingerprint density at radius 3 is 2.88 bits per heavy atom. The summed E-state index contributed by atoms with van der Waals surface area (Å²) in [6, 6.07) is 5.58. The maximum Gasteiger partial charge on any atom is 0.0566 e. The molecule has 1 aromatic rings. The Balaban J connectivity index is 2.15. The summed E-state index contributed by atoms with van der Waals surface area (Å²) in [6.45, 7) is 6.48. The number of aryl methyl sites for hydroxylation is 1. The summed E-state index contributed by atoms with van der Waals surface area (Å²) in [6.07, 6.45) is 5.39. The van der Waals surface area contributed by atoms with Crippen LogP contribution in [-0.2, 0) is 0 Å². The monoisotopic (exact) mass is 252 g/mol. The van der Waals surface area contributed by atoms with Gasteiger partial charge in [-0.2, -0.15) is 0 Å². The zero-order chi connectivity index (χ0) is 12.3. The van der Waals surface area contributed by atoms with Gasteiger partial charge >= 0.3 is 0 Å². The second kappa shape index (κ2) is 5.98. The molecule has 1 aromatic heterocycles. The predicted molar refractivity (Wildman–Crippen MR) is 75.5 cm³/mol. The van der Waals surface area contributed by atoms with Gasteiger partial charge in [0.1, 0.15) is 0 Å². The van der Waals surface area contributed by atoms with E-state index in [4.69, 9.17) is 5.73 Å². The van der Waals surface area contributed by atoms with E-state index in [0.29, 0.717) is 12.1 Å². The van der Waals surface area contributed by atoms with Crippen LogP contribution in [0, 0.1) is 6.92 Å². The van der Waals surface area contributed by atoms with Crippen molar-refractivity contribution in [2.75, 3.05) is 13.1 Å². The van der Waals surface area contributed by atoms with Gasteiger partial charge in [-0.15, -0.1) is 11.3 Å². The smallest absolute Gasteiger partial charge is 0.0566 e. The van der Waals surface area contributed by atoms with Crippen LogP contribution in [-0.4, -0.2) is 24.0 Å². The molecule has 2 N–H and O–H groups in total. The summed E-state index contributed by atoms with van der Waals surface area (Å²) in [7, 11) is 0. The topological polar surface area (TPSA) is 29.3 Å². The molecule has 2 nitrogen and oxygen atoms in total. The second-order valence-corrected chi connectivity index (χ2v) is 6.46. The molecule has 1 fully saturated rings. The van der Waals surface area contributed by atoms with Gasteiger partial charge in [0.15, 0.2) is 0 Å². The van der Waals surface area contributed by atoms with E-state index in [1.165, 1.54) is 42.0 Å². The summed E-state index contributed by atoms with van der Waals surface area (Å²) in [4.78, 5) is 5.46. The van der Waals surface area contributed by atoms with E-state index in [1.54, 1.807) is 0 Å². The van der Waals surface area contributed by atoms with Crippen molar-refractivity contribution in [3.63, 3.8) is 0 Å². The molecule has 1 saturated heterocycles. The predicted octanol–water partition coefficient (Wildman–Crippen LogP) is 3.32. The number of likely N-dealkylation sites (tertiary alicyclic amines) is 1. The first-order chi connectivity index (χ1) is 8.22. The lowest BCUT2D eigenvalue weighted by Gasteiger charge is -2.34. The molecule has 1 aliphatic rings. The fraction of sp³-hybridized carbons (Fsp3) is 0.714. The summed E-state index contributed by atoms with van der Waals surface area (Å²) in [5.41, 5.74) is 6.02. The van der Waals surface area contributed by atoms with Crippen LogP contribution in [0.5, 0.6) is 0 Å². The normalized spacial score (nSPS) is 24.5. The molecule has 17 heavy (non-hydrogen) atoms. The minimum absolute atomic E-state index is 0.432. The highest BCUT2D eigenvalue weighted by Crippen LogP contribution is 2.31. The molecule has 0 radical (unpaired) electrons. The average molecular weight is 252 g/mol. The van der Waals surface area contributed by atoms with Crippen molar-refractivity contribution in [3.8, 4) is 0 Å². The van der Waals surface area contributed by atoms with Crippen LogP contribution in [0.4, 0.5) is 0 Å². The highest BCUT2D eigenvalue weighted by Gasteiger charge is 2.25. The van der Waals surface area contributed by atoms with E-state index in [1.807, 2.05) is 11.3 Å². The molecule has 96 valence electrons. The lowest BCUT2D eigenvalue weighted by atomic mass is 10.1. The van der Waals surface area contributed by atoms with E-state index in [-0.39, 0.29) is 0 Å². The average Bonchev–Trinajstić information content (AvgIpc) is 2.62. The molecule has 0 saturated carbocycles. The van der Waals surface area contributed by atoms with Gasteiger partial charge in [0, 0.05) is 22.3 Å². The van der Waals surface area contributed by atoms with Gasteiger partial charge in [-0.25, -0.2) is 0 Å². The first-order valence-corrected chi connectivity index (χ1v) is 7.56. The van der Waals surface area contributed by atoms with E-state index in [9.17, 15) is 0 Å². The van der Waals surface area contributed by atoms with Crippen molar-refractivity contribution in [3.05, 3.63) is 21.9 Å². The van der Waals surface area contributed by atoms with Crippen LogP contribution >= 0.6 is 11.3 Å².